The number of anilines is 1. The highest BCUT2D eigenvalue weighted by atomic mass is 32.1. The Morgan fingerprint density at radius 2 is 2.12 bits per heavy atom. The van der Waals surface area contributed by atoms with Gasteiger partial charge >= 0.3 is 0 Å². The normalized spacial score (nSPS) is 21.8. The van der Waals surface area contributed by atoms with Crippen LogP contribution in [0.2, 0.25) is 0 Å². The minimum atomic E-state index is 0.675. The highest BCUT2D eigenvalue weighted by Crippen LogP contribution is 2.28. The molecule has 0 radical (unpaired) electrons. The van der Waals surface area contributed by atoms with Crippen LogP contribution in [0, 0.1) is 0 Å². The van der Waals surface area contributed by atoms with E-state index < -0.39 is 0 Å². The van der Waals surface area contributed by atoms with Crippen molar-refractivity contribution in [2.24, 2.45) is 0 Å². The van der Waals surface area contributed by atoms with Crippen molar-refractivity contribution in [1.82, 2.24) is 10.3 Å². The summed E-state index contributed by atoms with van der Waals surface area (Å²) in [6.07, 6.45) is 7.91. The molecule has 4 heteroatoms. The molecule has 3 rings (SSSR count). The minimum Gasteiger partial charge on any atom is -0.359 e. The van der Waals surface area contributed by atoms with E-state index in [1.54, 1.807) is 0 Å². The average Bonchev–Trinajstić information content (AvgIpc) is 2.72. The fourth-order valence-electron chi connectivity index (χ4n) is 2.61. The van der Waals surface area contributed by atoms with Gasteiger partial charge in [0.2, 0.25) is 0 Å². The van der Waals surface area contributed by atoms with Crippen molar-refractivity contribution < 1.29 is 0 Å². The van der Waals surface area contributed by atoms with Crippen molar-refractivity contribution in [3.05, 3.63) is 10.6 Å². The number of hydrogen-bond donors (Lipinski definition) is 2. The number of nitrogens with one attached hydrogen (secondary N) is 2. The molecule has 0 unspecified atom stereocenters. The Balaban J connectivity index is 1.67. The summed E-state index contributed by atoms with van der Waals surface area (Å²) in [7, 11) is 0. The number of nitrogens with zero attached hydrogens (tertiary/aromatic N) is 1. The van der Waals surface area contributed by atoms with Crippen molar-refractivity contribution in [2.75, 3.05) is 11.9 Å². The zero-order valence-electron chi connectivity index (χ0n) is 9.59. The van der Waals surface area contributed by atoms with Crippen LogP contribution < -0.4 is 10.6 Å². The first kappa shape index (κ1) is 10.5. The maximum atomic E-state index is 4.71. The average molecular weight is 237 g/mol. The summed E-state index contributed by atoms with van der Waals surface area (Å²) < 4.78 is 0. The fraction of sp³-hybridized carbons (Fsp3) is 0.750. The lowest BCUT2D eigenvalue weighted by Gasteiger charge is -2.22. The predicted molar refractivity (Wildman–Crippen MR) is 68.0 cm³/mol. The van der Waals surface area contributed by atoms with Gasteiger partial charge in [-0.1, -0.05) is 19.3 Å². The first-order chi connectivity index (χ1) is 7.92. The SMILES string of the molecule is C1CCC(Nc2nc3c(s2)CNCC3)CC1. The zero-order chi connectivity index (χ0) is 10.8. The molecule has 0 amide bonds. The van der Waals surface area contributed by atoms with Gasteiger partial charge in [0, 0.05) is 30.4 Å². The molecule has 1 fully saturated rings. The maximum absolute atomic E-state index is 4.71. The molecule has 3 nitrogen and oxygen atoms in total. The lowest BCUT2D eigenvalue weighted by Crippen LogP contribution is -2.22. The van der Waals surface area contributed by atoms with Crippen LogP contribution in [0.15, 0.2) is 0 Å². The van der Waals surface area contributed by atoms with Crippen molar-refractivity contribution in [1.29, 1.82) is 0 Å². The minimum absolute atomic E-state index is 0.675. The molecule has 2 heterocycles. The summed E-state index contributed by atoms with van der Waals surface area (Å²) in [5, 5.41) is 8.17. The van der Waals surface area contributed by atoms with E-state index in [0.29, 0.717) is 6.04 Å². The number of fused-ring (bicyclic) bond motifs is 1. The standard InChI is InChI=1S/C12H19N3S/c1-2-4-9(5-3-1)14-12-15-10-6-7-13-8-11(10)16-12/h9,13H,1-8H2,(H,14,15). The molecule has 16 heavy (non-hydrogen) atoms. The van der Waals surface area contributed by atoms with Crippen LogP contribution in [-0.4, -0.2) is 17.6 Å². The quantitative estimate of drug-likeness (QED) is 0.830. The van der Waals surface area contributed by atoms with Crippen LogP contribution in [-0.2, 0) is 13.0 Å². The van der Waals surface area contributed by atoms with Crippen molar-refractivity contribution in [3.8, 4) is 0 Å². The Hall–Kier alpha value is -0.610. The smallest absolute Gasteiger partial charge is 0.183 e. The second-order valence-corrected chi connectivity index (χ2v) is 5.88. The van der Waals surface area contributed by atoms with Crippen LogP contribution in [0.25, 0.3) is 0 Å². The highest BCUT2D eigenvalue weighted by molar-refractivity contribution is 7.15. The van der Waals surface area contributed by atoms with Gasteiger partial charge in [-0.3, -0.25) is 0 Å². The van der Waals surface area contributed by atoms with E-state index in [2.05, 4.69) is 10.6 Å². The third-order valence-electron chi connectivity index (χ3n) is 3.54. The van der Waals surface area contributed by atoms with Gasteiger partial charge in [0.1, 0.15) is 0 Å². The summed E-state index contributed by atoms with van der Waals surface area (Å²) in [5.74, 6) is 0. The molecular formula is C12H19N3S. The lowest BCUT2D eigenvalue weighted by molar-refractivity contribution is 0.462. The summed E-state index contributed by atoms with van der Waals surface area (Å²) in [5.41, 5.74) is 1.32. The number of rotatable bonds is 2. The summed E-state index contributed by atoms with van der Waals surface area (Å²) in [6.45, 7) is 2.10. The molecule has 0 saturated heterocycles. The fourth-order valence-corrected chi connectivity index (χ4v) is 3.66. The molecule has 0 spiro atoms. The van der Waals surface area contributed by atoms with Gasteiger partial charge in [0.05, 0.1) is 5.69 Å². The Morgan fingerprint density at radius 3 is 2.94 bits per heavy atom. The number of aromatic nitrogens is 1. The molecule has 1 aliphatic heterocycles. The third-order valence-corrected chi connectivity index (χ3v) is 4.56. The number of hydrogen-bond acceptors (Lipinski definition) is 4. The Morgan fingerprint density at radius 1 is 1.25 bits per heavy atom. The molecule has 2 aliphatic rings. The first-order valence-corrected chi connectivity index (χ1v) is 7.19. The van der Waals surface area contributed by atoms with Crippen molar-refractivity contribution in [2.45, 2.75) is 51.1 Å². The van der Waals surface area contributed by atoms with E-state index >= 15 is 0 Å². The molecule has 1 aromatic rings. The van der Waals surface area contributed by atoms with E-state index in [0.717, 1.165) is 24.6 Å². The molecule has 0 bridgehead atoms. The lowest BCUT2D eigenvalue weighted by atomic mass is 9.96. The predicted octanol–water partition coefficient (Wildman–Crippen LogP) is 2.53. The van der Waals surface area contributed by atoms with Crippen molar-refractivity contribution in [3.63, 3.8) is 0 Å². The molecule has 1 aliphatic carbocycles. The Labute approximate surface area is 101 Å². The molecule has 0 atom stereocenters. The van der Waals surface area contributed by atoms with E-state index in [9.17, 15) is 0 Å². The molecule has 2 N–H and O–H groups in total. The topological polar surface area (TPSA) is 37.0 Å². The first-order valence-electron chi connectivity index (χ1n) is 6.37. The van der Waals surface area contributed by atoms with Crippen LogP contribution in [0.1, 0.15) is 42.7 Å². The molecule has 1 aromatic heterocycles. The van der Waals surface area contributed by atoms with Gasteiger partial charge in [-0.25, -0.2) is 4.98 Å². The van der Waals surface area contributed by atoms with Gasteiger partial charge in [-0.2, -0.15) is 0 Å². The van der Waals surface area contributed by atoms with Crippen LogP contribution in [0.5, 0.6) is 0 Å². The molecular weight excluding hydrogens is 218 g/mol. The summed E-state index contributed by atoms with van der Waals surface area (Å²) in [4.78, 5) is 6.15. The van der Waals surface area contributed by atoms with Crippen LogP contribution in [0.4, 0.5) is 5.13 Å². The van der Waals surface area contributed by atoms with Gasteiger partial charge in [0.15, 0.2) is 5.13 Å². The molecule has 88 valence electrons. The van der Waals surface area contributed by atoms with E-state index in [-0.39, 0.29) is 0 Å². The monoisotopic (exact) mass is 237 g/mol. The summed E-state index contributed by atoms with van der Waals surface area (Å²) >= 11 is 1.84. The van der Waals surface area contributed by atoms with E-state index in [4.69, 9.17) is 4.98 Å². The second-order valence-electron chi connectivity index (χ2n) is 4.79. The third kappa shape index (κ3) is 2.23. The van der Waals surface area contributed by atoms with Crippen molar-refractivity contribution >= 4 is 16.5 Å². The van der Waals surface area contributed by atoms with Crippen LogP contribution >= 0.6 is 11.3 Å². The highest BCUT2D eigenvalue weighted by Gasteiger charge is 2.18. The Kier molecular flexibility index (Phi) is 3.11. The van der Waals surface area contributed by atoms with Gasteiger partial charge in [-0.05, 0) is 12.8 Å². The van der Waals surface area contributed by atoms with E-state index in [1.165, 1.54) is 42.7 Å². The number of thiazole rings is 1. The van der Waals surface area contributed by atoms with E-state index in [1.807, 2.05) is 11.3 Å². The van der Waals surface area contributed by atoms with Gasteiger partial charge in [-0.15, -0.1) is 11.3 Å². The van der Waals surface area contributed by atoms with Gasteiger partial charge < -0.3 is 10.6 Å². The van der Waals surface area contributed by atoms with Crippen LogP contribution in [0.3, 0.4) is 0 Å². The Bertz CT molecular complexity index is 332. The molecule has 0 aromatic carbocycles. The summed E-state index contributed by atoms with van der Waals surface area (Å²) in [6, 6.07) is 0.675. The molecule has 1 saturated carbocycles. The maximum Gasteiger partial charge on any atom is 0.183 e. The van der Waals surface area contributed by atoms with Gasteiger partial charge in [0.25, 0.3) is 0 Å². The zero-order valence-corrected chi connectivity index (χ0v) is 10.4. The largest absolute Gasteiger partial charge is 0.359 e. The second kappa shape index (κ2) is 4.72.